The summed E-state index contributed by atoms with van der Waals surface area (Å²) in [5, 5.41) is 11.9. The Morgan fingerprint density at radius 1 is 1.27 bits per heavy atom. The van der Waals surface area contributed by atoms with Crippen molar-refractivity contribution in [1.82, 2.24) is 29.8 Å². The molecule has 0 unspecified atom stereocenters. The van der Waals surface area contributed by atoms with Gasteiger partial charge in [-0.1, -0.05) is 11.2 Å². The third-order valence-corrected chi connectivity index (χ3v) is 4.46. The maximum atomic E-state index is 12.8. The molecule has 5 heterocycles. The number of fused-ring (bicyclic) bond motifs is 2. The number of anilines is 1. The lowest BCUT2D eigenvalue weighted by Crippen LogP contribution is -2.36. The first-order chi connectivity index (χ1) is 12.7. The number of H-pyrrole nitrogens is 1. The van der Waals surface area contributed by atoms with Gasteiger partial charge in [-0.25, -0.2) is 9.50 Å². The summed E-state index contributed by atoms with van der Waals surface area (Å²) in [6, 6.07) is 7.32. The second-order valence-electron chi connectivity index (χ2n) is 5.98. The van der Waals surface area contributed by atoms with Crippen molar-refractivity contribution in [1.29, 1.82) is 0 Å². The quantitative estimate of drug-likeness (QED) is 0.606. The zero-order valence-corrected chi connectivity index (χ0v) is 13.4. The lowest BCUT2D eigenvalue weighted by atomic mass is 10.0. The molecule has 0 saturated heterocycles. The number of nitrogens with zero attached hydrogens (tertiary/aromatic N) is 6. The Morgan fingerprint density at radius 2 is 2.19 bits per heavy atom. The van der Waals surface area contributed by atoms with E-state index in [0.717, 1.165) is 22.6 Å². The van der Waals surface area contributed by atoms with Crippen LogP contribution < -0.4 is 4.90 Å². The Bertz CT molecular complexity index is 1040. The molecular formula is C16H13F2N7O. The van der Waals surface area contributed by atoms with Crippen LogP contribution in [0.25, 0.3) is 5.52 Å². The Kier molecular flexibility index (Phi) is 3.24. The number of hydrogen-bond acceptors (Lipinski definition) is 6. The van der Waals surface area contributed by atoms with Gasteiger partial charge in [0.15, 0.2) is 0 Å². The molecule has 5 rings (SSSR count). The molecule has 1 atom stereocenters. The number of pyridine rings is 1. The first-order valence-electron chi connectivity index (χ1n) is 8.05. The van der Waals surface area contributed by atoms with E-state index in [2.05, 4.69) is 25.3 Å². The standard InChI is InChI=1S/C16H13F2N7O/c17-14(18)15-21-22-16(26-15)24-6-4-10-12(20-8-19-10)13(24)11-7-9-3-1-2-5-25(9)23-11/h1-3,5,7-8,13-14H,4,6H2,(H,19,20)/t13-/m0/s1. The smallest absolute Gasteiger partial charge is 0.319 e. The van der Waals surface area contributed by atoms with Gasteiger partial charge >= 0.3 is 12.4 Å². The molecule has 1 N–H and O–H groups in total. The zero-order chi connectivity index (χ0) is 17.7. The van der Waals surface area contributed by atoms with E-state index in [0.29, 0.717) is 13.0 Å². The number of aromatic nitrogens is 6. The van der Waals surface area contributed by atoms with Crippen LogP contribution in [-0.4, -0.2) is 36.3 Å². The Labute approximate surface area is 145 Å². The van der Waals surface area contributed by atoms with E-state index in [-0.39, 0.29) is 6.01 Å². The highest BCUT2D eigenvalue weighted by atomic mass is 19.3. The van der Waals surface area contributed by atoms with Crippen molar-refractivity contribution in [3.8, 4) is 0 Å². The van der Waals surface area contributed by atoms with Gasteiger partial charge in [0.25, 0.3) is 5.89 Å². The lowest BCUT2D eigenvalue weighted by molar-refractivity contribution is 0.115. The van der Waals surface area contributed by atoms with Gasteiger partial charge in [0, 0.05) is 24.9 Å². The van der Waals surface area contributed by atoms with Gasteiger partial charge < -0.3 is 14.3 Å². The molecule has 0 saturated carbocycles. The van der Waals surface area contributed by atoms with Crippen molar-refractivity contribution in [2.75, 3.05) is 11.4 Å². The van der Waals surface area contributed by atoms with Crippen LogP contribution in [0.1, 0.15) is 35.4 Å². The first-order valence-corrected chi connectivity index (χ1v) is 8.05. The van der Waals surface area contributed by atoms with Gasteiger partial charge in [-0.2, -0.15) is 13.9 Å². The van der Waals surface area contributed by atoms with E-state index >= 15 is 0 Å². The third-order valence-electron chi connectivity index (χ3n) is 4.46. The molecule has 0 aromatic carbocycles. The average Bonchev–Trinajstić information content (AvgIpc) is 3.37. The van der Waals surface area contributed by atoms with Crippen LogP contribution in [0.3, 0.4) is 0 Å². The van der Waals surface area contributed by atoms with Crippen LogP contribution in [0.5, 0.6) is 0 Å². The summed E-state index contributed by atoms with van der Waals surface area (Å²) in [4.78, 5) is 9.31. The second kappa shape index (κ2) is 5.61. The SMILES string of the molecule is FC(F)c1nnc(N2CCc3[nH]cnc3[C@@H]2c2cc3ccccn3n2)o1. The fourth-order valence-electron chi connectivity index (χ4n) is 3.30. The number of aromatic amines is 1. The normalized spacial score (nSPS) is 17.2. The zero-order valence-electron chi connectivity index (χ0n) is 13.4. The van der Waals surface area contributed by atoms with E-state index in [4.69, 9.17) is 4.42 Å². The summed E-state index contributed by atoms with van der Waals surface area (Å²) in [6.45, 7) is 0.513. The summed E-state index contributed by atoms with van der Waals surface area (Å²) in [5.74, 6) is -0.693. The van der Waals surface area contributed by atoms with Crippen molar-refractivity contribution >= 4 is 11.5 Å². The third kappa shape index (κ3) is 2.25. The van der Waals surface area contributed by atoms with Crippen LogP contribution in [0.2, 0.25) is 0 Å². The number of nitrogens with one attached hydrogen (secondary N) is 1. The van der Waals surface area contributed by atoms with Crippen molar-refractivity contribution < 1.29 is 13.2 Å². The highest BCUT2D eigenvalue weighted by molar-refractivity contribution is 5.51. The molecule has 0 spiro atoms. The van der Waals surface area contributed by atoms with E-state index in [1.165, 1.54) is 0 Å². The van der Waals surface area contributed by atoms with E-state index < -0.39 is 18.4 Å². The summed E-state index contributed by atoms with van der Waals surface area (Å²) in [7, 11) is 0. The number of hydrogen-bond donors (Lipinski definition) is 1. The molecule has 0 bridgehead atoms. The largest absolute Gasteiger partial charge is 0.402 e. The number of rotatable bonds is 3. The molecule has 4 aromatic heterocycles. The monoisotopic (exact) mass is 357 g/mol. The first kappa shape index (κ1) is 15.0. The van der Waals surface area contributed by atoms with Crippen LogP contribution in [0, 0.1) is 0 Å². The molecule has 132 valence electrons. The van der Waals surface area contributed by atoms with Gasteiger partial charge in [0.05, 0.1) is 23.2 Å². The summed E-state index contributed by atoms with van der Waals surface area (Å²) < 4.78 is 32.6. The Morgan fingerprint density at radius 3 is 3.00 bits per heavy atom. The number of imidazole rings is 1. The fraction of sp³-hybridized carbons (Fsp3) is 0.250. The average molecular weight is 357 g/mol. The fourth-order valence-corrected chi connectivity index (χ4v) is 3.30. The molecular weight excluding hydrogens is 344 g/mol. The molecule has 10 heteroatoms. The molecule has 4 aromatic rings. The van der Waals surface area contributed by atoms with Crippen molar-refractivity contribution in [2.45, 2.75) is 18.9 Å². The molecule has 26 heavy (non-hydrogen) atoms. The lowest BCUT2D eigenvalue weighted by Gasteiger charge is -2.32. The maximum absolute atomic E-state index is 12.8. The molecule has 0 aliphatic carbocycles. The summed E-state index contributed by atoms with van der Waals surface area (Å²) in [5.41, 5.74) is 3.40. The minimum atomic E-state index is -2.81. The van der Waals surface area contributed by atoms with Crippen molar-refractivity contribution in [3.63, 3.8) is 0 Å². The summed E-state index contributed by atoms with van der Waals surface area (Å²) >= 11 is 0. The van der Waals surface area contributed by atoms with Gasteiger partial charge in [-0.05, 0) is 18.2 Å². The van der Waals surface area contributed by atoms with Crippen LogP contribution in [-0.2, 0) is 6.42 Å². The minimum Gasteiger partial charge on any atom is -0.402 e. The molecule has 0 fully saturated rings. The maximum Gasteiger partial charge on any atom is 0.319 e. The Balaban J connectivity index is 1.63. The predicted molar refractivity (Wildman–Crippen MR) is 85.9 cm³/mol. The van der Waals surface area contributed by atoms with E-state index in [1.54, 1.807) is 15.7 Å². The minimum absolute atomic E-state index is 0.0380. The van der Waals surface area contributed by atoms with Crippen molar-refractivity contribution in [3.05, 3.63) is 59.8 Å². The van der Waals surface area contributed by atoms with Crippen molar-refractivity contribution in [2.24, 2.45) is 0 Å². The van der Waals surface area contributed by atoms with Gasteiger partial charge in [0.1, 0.15) is 6.04 Å². The summed E-state index contributed by atoms with van der Waals surface area (Å²) in [6.07, 6.45) is 1.32. The number of alkyl halides is 2. The topological polar surface area (TPSA) is 88.1 Å². The van der Waals surface area contributed by atoms with Crippen LogP contribution >= 0.6 is 0 Å². The van der Waals surface area contributed by atoms with E-state index in [1.807, 2.05) is 30.5 Å². The Hall–Kier alpha value is -3.30. The molecule has 0 radical (unpaired) electrons. The molecule has 1 aliphatic rings. The number of halogens is 2. The van der Waals surface area contributed by atoms with Crippen LogP contribution in [0.15, 0.2) is 41.2 Å². The van der Waals surface area contributed by atoms with Crippen LogP contribution in [0.4, 0.5) is 14.8 Å². The molecule has 8 nitrogen and oxygen atoms in total. The van der Waals surface area contributed by atoms with E-state index in [9.17, 15) is 8.78 Å². The highest BCUT2D eigenvalue weighted by Gasteiger charge is 2.36. The second-order valence-corrected chi connectivity index (χ2v) is 5.98. The molecule has 0 amide bonds. The predicted octanol–water partition coefficient (Wildman–Crippen LogP) is 2.53. The molecule has 1 aliphatic heterocycles. The van der Waals surface area contributed by atoms with Gasteiger partial charge in [0.2, 0.25) is 0 Å². The van der Waals surface area contributed by atoms with Gasteiger partial charge in [-0.3, -0.25) is 0 Å². The highest BCUT2D eigenvalue weighted by Crippen LogP contribution is 2.36. The van der Waals surface area contributed by atoms with Gasteiger partial charge in [-0.15, -0.1) is 5.10 Å².